The average molecular weight is 1420 g/mol. The predicted octanol–water partition coefficient (Wildman–Crippen LogP) is 8.74. The first-order chi connectivity index (χ1) is 49.7. The van der Waals surface area contributed by atoms with E-state index in [4.69, 9.17) is 11.6 Å². The lowest BCUT2D eigenvalue weighted by Crippen LogP contribution is -2.29. The highest BCUT2D eigenvalue weighted by molar-refractivity contribution is 6.30. The first-order valence-corrected chi connectivity index (χ1v) is 35.3. The Balaban J connectivity index is 0.000000194. The Morgan fingerprint density at radius 3 is 0.814 bits per heavy atom. The van der Waals surface area contributed by atoms with E-state index < -0.39 is 0 Å². The summed E-state index contributed by atoms with van der Waals surface area (Å²) in [5.41, 5.74) is 17.9. The summed E-state index contributed by atoms with van der Waals surface area (Å²) >= 11 is 6.15. The first kappa shape index (κ1) is 79.1. The van der Waals surface area contributed by atoms with E-state index in [0.717, 1.165) is 89.9 Å². The molecule has 0 saturated carbocycles. The van der Waals surface area contributed by atoms with Crippen LogP contribution in [-0.4, -0.2) is 214 Å². The van der Waals surface area contributed by atoms with Crippen molar-refractivity contribution in [3.05, 3.63) is 279 Å². The molecule has 0 bridgehead atoms. The fourth-order valence-electron chi connectivity index (χ4n) is 13.1. The van der Waals surface area contributed by atoms with Gasteiger partial charge in [0, 0.05) is 155 Å². The van der Waals surface area contributed by atoms with Crippen molar-refractivity contribution >= 4 is 51.4 Å². The summed E-state index contributed by atoms with van der Waals surface area (Å²) in [7, 11) is 4.05. The van der Waals surface area contributed by atoms with Gasteiger partial charge in [0.2, 0.25) is 0 Å². The van der Waals surface area contributed by atoms with Gasteiger partial charge in [-0.25, -0.2) is 4.39 Å². The van der Waals surface area contributed by atoms with E-state index >= 15 is 0 Å². The maximum Gasteiger partial charge on any atom is 0.123 e. The fraction of sp³-hybridized carbons (Fsp3) is 0.341. The molecular formula is C82H101ClFN7O11. The van der Waals surface area contributed by atoms with Crippen LogP contribution in [0, 0.1) is 5.82 Å². The van der Waals surface area contributed by atoms with Gasteiger partial charge in [-0.3, -0.25) is 0 Å². The van der Waals surface area contributed by atoms with Gasteiger partial charge in [0.1, 0.15) is 5.82 Å². The second kappa shape index (κ2) is 41.5. The van der Waals surface area contributed by atoms with Gasteiger partial charge in [0.15, 0.2) is 0 Å². The molecule has 0 aromatic heterocycles. The van der Waals surface area contributed by atoms with E-state index in [0.29, 0.717) is 83.4 Å². The zero-order valence-electron chi connectivity index (χ0n) is 58.4. The number of anilines is 7. The molecule has 102 heavy (non-hydrogen) atoms. The highest BCUT2D eigenvalue weighted by Gasteiger charge is 2.24. The van der Waals surface area contributed by atoms with Crippen LogP contribution >= 0.6 is 11.6 Å². The normalized spacial score (nSPS) is 12.7. The minimum absolute atomic E-state index is 0.00408. The minimum Gasteiger partial charge on any atom is -0.395 e. The van der Waals surface area contributed by atoms with Crippen molar-refractivity contribution in [2.45, 2.75) is 30.3 Å². The maximum atomic E-state index is 13.6. The summed E-state index contributed by atoms with van der Waals surface area (Å²) in [5, 5.41) is 108. The summed E-state index contributed by atoms with van der Waals surface area (Å²) in [6, 6.07) is 70.2. The molecular weight excluding hydrogens is 1310 g/mol. The lowest BCUT2D eigenvalue weighted by atomic mass is 9.83. The van der Waals surface area contributed by atoms with Gasteiger partial charge in [-0.15, -0.1) is 0 Å². The van der Waals surface area contributed by atoms with E-state index in [-0.39, 0.29) is 95.7 Å². The topological polar surface area (TPSA) is 254 Å². The van der Waals surface area contributed by atoms with Crippen LogP contribution in [0.25, 0.3) is 0 Å². The van der Waals surface area contributed by atoms with Gasteiger partial charge in [-0.2, -0.15) is 0 Å². The van der Waals surface area contributed by atoms with Crippen LogP contribution in [0.15, 0.2) is 212 Å². The number of aliphatic hydroxyl groups is 11. The lowest BCUT2D eigenvalue weighted by Gasteiger charge is -2.26. The molecule has 0 fully saturated rings. The van der Waals surface area contributed by atoms with Crippen molar-refractivity contribution in [1.82, 2.24) is 0 Å². The molecule has 0 aliphatic carbocycles. The second-order valence-electron chi connectivity index (χ2n) is 25.2. The van der Waals surface area contributed by atoms with E-state index in [2.05, 4.69) is 101 Å². The summed E-state index contributed by atoms with van der Waals surface area (Å²) < 4.78 is 13.6. The smallest absolute Gasteiger partial charge is 0.123 e. The molecule has 2 unspecified atom stereocenters. The van der Waals surface area contributed by atoms with Crippen LogP contribution in [0.5, 0.6) is 0 Å². The molecule has 0 radical (unpaired) electrons. The summed E-state index contributed by atoms with van der Waals surface area (Å²) in [5.74, 6) is -0.398. The van der Waals surface area contributed by atoms with Gasteiger partial charge >= 0.3 is 0 Å². The number of hydrogen-bond donors (Lipinski definition) is 12. The molecule has 1 heterocycles. The number of aliphatic hydroxyl groups excluding tert-OH is 11. The molecule has 0 saturated heterocycles. The summed E-state index contributed by atoms with van der Waals surface area (Å²) in [4.78, 5) is 11.8. The highest BCUT2D eigenvalue weighted by Crippen LogP contribution is 2.39. The van der Waals surface area contributed by atoms with Crippen molar-refractivity contribution < 1.29 is 60.6 Å². The number of halogens is 2. The molecule has 2 atom stereocenters. The Labute approximate surface area is 604 Å². The third-order valence-corrected chi connectivity index (χ3v) is 18.5. The lowest BCUT2D eigenvalue weighted by molar-refractivity contribution is 0.184. The van der Waals surface area contributed by atoms with Gasteiger partial charge in [0.25, 0.3) is 0 Å². The Kier molecular flexibility index (Phi) is 32.1. The molecule has 1 aliphatic heterocycles. The van der Waals surface area contributed by atoms with Gasteiger partial charge in [-0.05, 0) is 159 Å². The number of nitrogens with one attached hydrogen (secondary N) is 1. The maximum absolute atomic E-state index is 13.6. The van der Waals surface area contributed by atoms with Gasteiger partial charge < -0.3 is 90.9 Å². The molecule has 0 amide bonds. The van der Waals surface area contributed by atoms with Crippen LogP contribution in [0.1, 0.15) is 73.4 Å². The van der Waals surface area contributed by atoms with Crippen LogP contribution in [0.2, 0.25) is 5.02 Å². The number of rotatable bonds is 35. The second-order valence-corrected chi connectivity index (χ2v) is 25.6. The highest BCUT2D eigenvalue weighted by atomic mass is 35.5. The molecule has 0 spiro atoms. The third-order valence-electron chi connectivity index (χ3n) is 18.3. The Bertz CT molecular complexity index is 3680. The quantitative estimate of drug-likeness (QED) is 0.0166. The first-order valence-electron chi connectivity index (χ1n) is 34.9. The van der Waals surface area contributed by atoms with Gasteiger partial charge in [-0.1, -0.05) is 121 Å². The minimum atomic E-state index is -0.380. The standard InChI is InChI=1S/C29H39N3O4.C27H33FN2O4.C26H29ClN2O3/c1-30(2)26-9-3-23(4-10-26)29(24-5-11-27(12-6-24)31(15-19-33)16-20-34)25-7-13-28(14-8-25)32(17-21-35)18-22-36;28-24-7-1-21(2-8-24)27(22-3-9-25(10-4-22)29(13-17-31)14-18-32)23-5-11-26(12-6-23)30(15-19-33)16-20-34;27-22-6-1-18(2-7-22)26(20-5-10-25-21(15-20)16-24(32)17-28-25)19-3-8-23(9-4-19)29(11-13-30)12-14-31/h3-14,29,33-36H,15-22H2,1-2H3;1-12,27,31-34H,13-20H2;1-10,15,24,26,28,30-32H,11-14,16-17H2. The number of hydrogen-bond acceptors (Lipinski definition) is 18. The van der Waals surface area contributed by atoms with Crippen LogP contribution in [-0.2, 0) is 6.42 Å². The Morgan fingerprint density at radius 1 is 0.333 bits per heavy atom. The van der Waals surface area contributed by atoms with Crippen molar-refractivity contribution in [2.75, 3.05) is 187 Å². The Hall–Kier alpha value is -8.64. The molecule has 18 nitrogen and oxygen atoms in total. The van der Waals surface area contributed by atoms with Crippen molar-refractivity contribution in [1.29, 1.82) is 0 Å². The summed E-state index contributed by atoms with van der Waals surface area (Å²) in [6.45, 7) is 5.27. The molecule has 9 aromatic rings. The number of benzene rings is 9. The third kappa shape index (κ3) is 22.2. The average Bonchev–Trinajstić information content (AvgIpc) is 0.805. The zero-order valence-corrected chi connectivity index (χ0v) is 59.2. The number of nitrogens with zero attached hydrogens (tertiary/aromatic N) is 6. The number of β-amino-alcohol motifs (C(OH)–C–C–N with tert-alkyl or cyclic N) is 1. The van der Waals surface area contributed by atoms with Crippen LogP contribution in [0.4, 0.5) is 44.2 Å². The monoisotopic (exact) mass is 1410 g/mol. The predicted molar refractivity (Wildman–Crippen MR) is 410 cm³/mol. The van der Waals surface area contributed by atoms with E-state index in [9.17, 15) is 60.6 Å². The van der Waals surface area contributed by atoms with E-state index in [1.165, 1.54) is 17.7 Å². The molecule has 10 rings (SSSR count). The summed E-state index contributed by atoms with van der Waals surface area (Å²) in [6.07, 6.45) is 0.259. The molecule has 9 aromatic carbocycles. The Morgan fingerprint density at radius 2 is 0.559 bits per heavy atom. The molecule has 20 heteroatoms. The van der Waals surface area contributed by atoms with E-state index in [1.807, 2.05) is 136 Å². The zero-order chi connectivity index (χ0) is 72.8. The van der Waals surface area contributed by atoms with Crippen LogP contribution in [0.3, 0.4) is 0 Å². The molecule has 1 aliphatic rings. The van der Waals surface area contributed by atoms with E-state index in [1.54, 1.807) is 12.1 Å². The van der Waals surface area contributed by atoms with Crippen molar-refractivity contribution in [3.63, 3.8) is 0 Å². The van der Waals surface area contributed by atoms with Crippen molar-refractivity contribution in [2.24, 2.45) is 0 Å². The molecule has 544 valence electrons. The number of fused-ring (bicyclic) bond motifs is 1. The molecule has 12 N–H and O–H groups in total. The van der Waals surface area contributed by atoms with Gasteiger partial charge in [0.05, 0.1) is 72.2 Å². The SMILES string of the molecule is CN(C)c1ccc(C(c2ccc(N(CCO)CCO)cc2)c2ccc(N(CCO)CCO)cc2)cc1.OCCN(CCO)c1ccc(C(c2ccc(Cl)cc2)c2ccc3c(c2)CC(O)CN3)cc1.OCCN(CCO)c1ccc(C(c2ccc(F)cc2)c2ccc(N(CCO)CCO)cc2)cc1. The van der Waals surface area contributed by atoms with Crippen LogP contribution < -0.4 is 34.7 Å². The largest absolute Gasteiger partial charge is 0.395 e. The fourth-order valence-corrected chi connectivity index (χ4v) is 13.3. The van der Waals surface area contributed by atoms with Crippen molar-refractivity contribution in [3.8, 4) is 0 Å².